The van der Waals surface area contributed by atoms with Crippen LogP contribution in [0.4, 0.5) is 22.0 Å². The molecule has 0 radical (unpaired) electrons. The topological polar surface area (TPSA) is 27.7 Å². The summed E-state index contributed by atoms with van der Waals surface area (Å²) in [7, 11) is 0. The third kappa shape index (κ3) is 5.85. The van der Waals surface area contributed by atoms with Gasteiger partial charge in [0, 0.05) is 16.9 Å². The summed E-state index contributed by atoms with van der Waals surface area (Å²) in [5.41, 5.74) is 1.83. The van der Waals surface area contributed by atoms with Gasteiger partial charge >= 0.3 is 6.18 Å². The van der Waals surface area contributed by atoms with Gasteiger partial charge in [0.05, 0.1) is 13.2 Å². The standard InChI is InChI=1S/C26H25F5O3/c1-2-16-13-32-25(33-14-16)20-8-9-21-19(12-20)7-6-18(24(21)28)5-3-17-4-10-23(22(27)11-17)34-15-26(29,30)31/h4,6-12,16,25H,2-3,5,13-15H2,1H3. The molecule has 8 heteroatoms. The second-order valence-corrected chi connectivity index (χ2v) is 8.46. The number of aryl methyl sites for hydroxylation is 2. The van der Waals surface area contributed by atoms with Gasteiger partial charge in [-0.15, -0.1) is 0 Å². The Bertz CT molecular complexity index is 1140. The molecule has 0 spiro atoms. The summed E-state index contributed by atoms with van der Waals surface area (Å²) in [4.78, 5) is 0. The molecule has 3 aromatic rings. The van der Waals surface area contributed by atoms with Gasteiger partial charge in [-0.2, -0.15) is 13.2 Å². The summed E-state index contributed by atoms with van der Waals surface area (Å²) in [5, 5.41) is 1.19. The number of hydrogen-bond acceptors (Lipinski definition) is 3. The van der Waals surface area contributed by atoms with E-state index in [0.717, 1.165) is 29.5 Å². The lowest BCUT2D eigenvalue weighted by atomic mass is 9.98. The van der Waals surface area contributed by atoms with Crippen LogP contribution in [0, 0.1) is 17.6 Å². The Morgan fingerprint density at radius 2 is 1.71 bits per heavy atom. The van der Waals surface area contributed by atoms with Crippen molar-refractivity contribution in [2.45, 2.75) is 38.7 Å². The molecule has 1 saturated heterocycles. The van der Waals surface area contributed by atoms with Crippen LogP contribution in [0.25, 0.3) is 10.8 Å². The van der Waals surface area contributed by atoms with E-state index >= 15 is 4.39 Å². The van der Waals surface area contributed by atoms with Crippen molar-refractivity contribution >= 4 is 10.8 Å². The lowest BCUT2D eigenvalue weighted by Crippen LogP contribution is -2.26. The van der Waals surface area contributed by atoms with Crippen molar-refractivity contribution in [1.29, 1.82) is 0 Å². The summed E-state index contributed by atoms with van der Waals surface area (Å²) in [6.45, 7) is 1.78. The van der Waals surface area contributed by atoms with Crippen LogP contribution in [0.2, 0.25) is 0 Å². The van der Waals surface area contributed by atoms with Gasteiger partial charge in [0.15, 0.2) is 24.5 Å². The summed E-state index contributed by atoms with van der Waals surface area (Å²) in [6.07, 6.45) is -3.40. The van der Waals surface area contributed by atoms with Crippen LogP contribution in [-0.2, 0) is 22.3 Å². The van der Waals surface area contributed by atoms with Crippen molar-refractivity contribution in [2.24, 2.45) is 5.92 Å². The number of fused-ring (bicyclic) bond motifs is 1. The molecule has 0 atom stereocenters. The molecule has 0 aromatic heterocycles. The second-order valence-electron chi connectivity index (χ2n) is 8.46. The Labute approximate surface area is 194 Å². The van der Waals surface area contributed by atoms with Gasteiger partial charge in [0.1, 0.15) is 5.82 Å². The highest BCUT2D eigenvalue weighted by molar-refractivity contribution is 5.84. The van der Waals surface area contributed by atoms with E-state index in [-0.39, 0.29) is 5.82 Å². The molecular formula is C26H25F5O3. The van der Waals surface area contributed by atoms with Crippen molar-refractivity contribution in [1.82, 2.24) is 0 Å². The van der Waals surface area contributed by atoms with Gasteiger partial charge in [-0.3, -0.25) is 0 Å². The van der Waals surface area contributed by atoms with Crippen LogP contribution < -0.4 is 4.74 Å². The zero-order valence-electron chi connectivity index (χ0n) is 18.6. The molecular weight excluding hydrogens is 455 g/mol. The first-order valence-corrected chi connectivity index (χ1v) is 11.2. The van der Waals surface area contributed by atoms with Crippen LogP contribution >= 0.6 is 0 Å². The molecule has 0 amide bonds. The molecule has 0 aliphatic carbocycles. The van der Waals surface area contributed by atoms with Gasteiger partial charge in [0.25, 0.3) is 0 Å². The Morgan fingerprint density at radius 3 is 2.38 bits per heavy atom. The minimum absolute atomic E-state index is 0.305. The van der Waals surface area contributed by atoms with E-state index < -0.39 is 30.6 Å². The summed E-state index contributed by atoms with van der Waals surface area (Å²) < 4.78 is 82.1. The molecule has 0 saturated carbocycles. The van der Waals surface area contributed by atoms with Crippen LogP contribution in [0.3, 0.4) is 0 Å². The van der Waals surface area contributed by atoms with E-state index in [1.165, 1.54) is 6.07 Å². The van der Waals surface area contributed by atoms with Crippen LogP contribution in [0.5, 0.6) is 5.75 Å². The number of ether oxygens (including phenoxy) is 3. The monoisotopic (exact) mass is 480 g/mol. The maximum absolute atomic E-state index is 15.1. The van der Waals surface area contributed by atoms with E-state index in [1.54, 1.807) is 18.2 Å². The average molecular weight is 480 g/mol. The molecule has 1 aliphatic heterocycles. The summed E-state index contributed by atoms with van der Waals surface area (Å²) in [5.74, 6) is -1.32. The Balaban J connectivity index is 1.43. The molecule has 1 heterocycles. The molecule has 182 valence electrons. The fraction of sp³-hybridized carbons (Fsp3) is 0.385. The molecule has 0 N–H and O–H groups in total. The lowest BCUT2D eigenvalue weighted by molar-refractivity contribution is -0.205. The molecule has 4 rings (SSSR count). The Kier molecular flexibility index (Phi) is 7.38. The van der Waals surface area contributed by atoms with Crippen molar-refractivity contribution in [3.63, 3.8) is 0 Å². The first-order chi connectivity index (χ1) is 16.2. The normalized spacial score (nSPS) is 18.9. The maximum atomic E-state index is 15.1. The molecule has 0 unspecified atom stereocenters. The quantitative estimate of drug-likeness (QED) is 0.344. The number of hydrogen-bond donors (Lipinski definition) is 0. The minimum atomic E-state index is -4.55. The van der Waals surface area contributed by atoms with Gasteiger partial charge in [-0.25, -0.2) is 8.78 Å². The predicted octanol–water partition coefficient (Wildman–Crippen LogP) is 6.92. The van der Waals surface area contributed by atoms with Gasteiger partial charge in [-0.05, 0) is 54.0 Å². The summed E-state index contributed by atoms with van der Waals surface area (Å²) in [6, 6.07) is 12.6. The first-order valence-electron chi connectivity index (χ1n) is 11.2. The molecule has 3 nitrogen and oxygen atoms in total. The zero-order chi connectivity index (χ0) is 24.3. The first kappa shape index (κ1) is 24.4. The van der Waals surface area contributed by atoms with Crippen LogP contribution in [0.15, 0.2) is 48.5 Å². The largest absolute Gasteiger partial charge is 0.481 e. The second kappa shape index (κ2) is 10.3. The van der Waals surface area contributed by atoms with Crippen molar-refractivity contribution in [2.75, 3.05) is 19.8 Å². The number of benzene rings is 3. The smallest absolute Gasteiger partial charge is 0.422 e. The lowest BCUT2D eigenvalue weighted by Gasteiger charge is -2.29. The van der Waals surface area contributed by atoms with E-state index in [1.807, 2.05) is 12.1 Å². The maximum Gasteiger partial charge on any atom is 0.422 e. The van der Waals surface area contributed by atoms with Crippen molar-refractivity contribution in [3.8, 4) is 5.75 Å². The summed E-state index contributed by atoms with van der Waals surface area (Å²) >= 11 is 0. The van der Waals surface area contributed by atoms with Crippen molar-refractivity contribution < 1.29 is 36.2 Å². The minimum Gasteiger partial charge on any atom is -0.481 e. The van der Waals surface area contributed by atoms with E-state index in [2.05, 4.69) is 11.7 Å². The molecule has 0 bridgehead atoms. The predicted molar refractivity (Wildman–Crippen MR) is 118 cm³/mol. The highest BCUT2D eigenvalue weighted by Crippen LogP contribution is 2.31. The highest BCUT2D eigenvalue weighted by atomic mass is 19.4. The van der Waals surface area contributed by atoms with Crippen LogP contribution in [-0.4, -0.2) is 26.0 Å². The number of halogens is 5. The molecule has 1 fully saturated rings. The van der Waals surface area contributed by atoms with E-state index in [0.29, 0.717) is 48.5 Å². The Hall–Kier alpha value is -2.71. The molecule has 3 aromatic carbocycles. The highest BCUT2D eigenvalue weighted by Gasteiger charge is 2.29. The van der Waals surface area contributed by atoms with E-state index in [9.17, 15) is 17.6 Å². The van der Waals surface area contributed by atoms with Gasteiger partial charge in [0.2, 0.25) is 0 Å². The molecule has 34 heavy (non-hydrogen) atoms. The van der Waals surface area contributed by atoms with Crippen LogP contribution in [0.1, 0.15) is 36.3 Å². The van der Waals surface area contributed by atoms with Gasteiger partial charge in [-0.1, -0.05) is 37.3 Å². The Morgan fingerprint density at radius 1 is 0.941 bits per heavy atom. The third-order valence-electron chi connectivity index (χ3n) is 5.94. The fourth-order valence-corrected chi connectivity index (χ4v) is 3.92. The fourth-order valence-electron chi connectivity index (χ4n) is 3.92. The zero-order valence-corrected chi connectivity index (χ0v) is 18.6. The number of rotatable bonds is 7. The average Bonchev–Trinajstić information content (AvgIpc) is 2.82. The molecule has 1 aliphatic rings. The number of alkyl halides is 3. The third-order valence-corrected chi connectivity index (χ3v) is 5.94. The van der Waals surface area contributed by atoms with Crippen molar-refractivity contribution in [3.05, 3.63) is 76.9 Å². The SMILES string of the molecule is CCC1COC(c2ccc3c(F)c(CCc4ccc(OCC(F)(F)F)c(F)c4)ccc3c2)OC1. The van der Waals surface area contributed by atoms with Gasteiger partial charge < -0.3 is 14.2 Å². The van der Waals surface area contributed by atoms with E-state index in [4.69, 9.17) is 9.47 Å².